The minimum absolute atomic E-state index is 0.0776. The molecule has 4 aromatic rings. The first kappa shape index (κ1) is 52.5. The lowest BCUT2D eigenvalue weighted by atomic mass is 9.93. The zero-order chi connectivity index (χ0) is 49.1. The number of sulfonamides is 1. The summed E-state index contributed by atoms with van der Waals surface area (Å²) >= 11 is 7.57. The predicted molar refractivity (Wildman–Crippen MR) is 259 cm³/mol. The molecule has 0 aromatic heterocycles. The summed E-state index contributed by atoms with van der Waals surface area (Å²) in [7, 11) is -11.0. The van der Waals surface area contributed by atoms with E-state index in [1.807, 2.05) is 80.1 Å². The molecule has 0 radical (unpaired) electrons. The fourth-order valence-corrected chi connectivity index (χ4v) is 10.6. The third kappa shape index (κ3) is 14.8. The van der Waals surface area contributed by atoms with E-state index in [0.717, 1.165) is 33.7 Å². The Balaban J connectivity index is 1.09. The average Bonchev–Trinajstić information content (AvgIpc) is 3.30. The van der Waals surface area contributed by atoms with Crippen molar-refractivity contribution in [3.8, 4) is 0 Å². The Morgan fingerprint density at radius 2 is 1.57 bits per heavy atom. The quantitative estimate of drug-likeness (QED) is 0.0524. The van der Waals surface area contributed by atoms with Crippen molar-refractivity contribution in [3.05, 3.63) is 119 Å². The van der Waals surface area contributed by atoms with Crippen LogP contribution in [-0.2, 0) is 29.3 Å². The molecule has 2 amide bonds. The number of sulfone groups is 1. The largest absolute Gasteiger partial charge is 0.501 e. The molecule has 2 aliphatic rings. The number of rotatable bonds is 19. The van der Waals surface area contributed by atoms with Crippen LogP contribution in [-0.4, -0.2) is 127 Å². The lowest BCUT2D eigenvalue weighted by molar-refractivity contribution is -0.0436. The Bertz CT molecular complexity index is 2610. The van der Waals surface area contributed by atoms with Crippen LogP contribution in [0.3, 0.4) is 0 Å². The Morgan fingerprint density at radius 1 is 0.882 bits per heavy atom. The summed E-state index contributed by atoms with van der Waals surface area (Å²) in [4.78, 5) is 28.7. The molecule has 21 heteroatoms. The molecule has 14 nitrogen and oxygen atoms in total. The van der Waals surface area contributed by atoms with E-state index < -0.39 is 58.4 Å². The summed E-state index contributed by atoms with van der Waals surface area (Å²) in [5, 5.41) is 10.2. The van der Waals surface area contributed by atoms with Gasteiger partial charge in [-0.15, -0.1) is 11.8 Å². The molecule has 1 atom stereocenters. The number of nitrogens with one attached hydrogen (secondary N) is 4. The number of ether oxygens (including phenoxy) is 2. The molecular formula is C47H56ClF3N6O8S3. The number of alkyl halides is 3. The highest BCUT2D eigenvalue weighted by atomic mass is 35.5. The Morgan fingerprint density at radius 3 is 2.24 bits per heavy atom. The van der Waals surface area contributed by atoms with E-state index in [0.29, 0.717) is 101 Å². The van der Waals surface area contributed by atoms with E-state index in [9.17, 15) is 39.6 Å². The number of morpholine rings is 1. The highest BCUT2D eigenvalue weighted by Crippen LogP contribution is 2.37. The van der Waals surface area contributed by atoms with Gasteiger partial charge >= 0.3 is 11.6 Å². The lowest BCUT2D eigenvalue weighted by Crippen LogP contribution is -2.42. The second-order valence-electron chi connectivity index (χ2n) is 17.2. The van der Waals surface area contributed by atoms with Crippen molar-refractivity contribution < 1.29 is 49.1 Å². The van der Waals surface area contributed by atoms with Gasteiger partial charge in [-0.1, -0.05) is 41.9 Å². The van der Waals surface area contributed by atoms with Crippen molar-refractivity contribution in [1.82, 2.24) is 19.8 Å². The standard InChI is InChI=1S/C47H56ClF3N6O8S3/c1-46(2,3)65-45(59)57-24-20-41(33-9-13-36(48)14-10-33)35(31-57)30-52-21-22-53-37-15-11-34(12-16-37)44(58)55-68(62,63)40-17-18-42(43(29-40)67(60,61)47(49,50)51)54-38(19-23-56-25-27-64-28-26-56)32-66-39-7-5-4-6-8-39/h4-18,29,38,52-54H,19-28,30-32H2,1-3H3,(H,55,58)/t38-/m1/s1. The van der Waals surface area contributed by atoms with Crippen molar-refractivity contribution in [2.24, 2.45) is 0 Å². The molecule has 2 heterocycles. The first-order chi connectivity index (χ1) is 32.2. The Labute approximate surface area is 405 Å². The van der Waals surface area contributed by atoms with E-state index in [-0.39, 0.29) is 11.7 Å². The first-order valence-corrected chi connectivity index (χ1v) is 26.3. The Kier molecular flexibility index (Phi) is 17.9. The van der Waals surface area contributed by atoms with Gasteiger partial charge < -0.3 is 30.3 Å². The highest BCUT2D eigenvalue weighted by molar-refractivity contribution is 7.99. The number of carbonyl (C=O) groups is 2. The summed E-state index contributed by atoms with van der Waals surface area (Å²) in [6.07, 6.45) is 0.673. The minimum atomic E-state index is -6.08. The van der Waals surface area contributed by atoms with Crippen molar-refractivity contribution >= 4 is 72.2 Å². The zero-order valence-electron chi connectivity index (χ0n) is 37.9. The fraction of sp³-hybridized carbons (Fsp3) is 0.404. The summed E-state index contributed by atoms with van der Waals surface area (Å²) in [6.45, 7) is 10.7. The number of halogens is 4. The number of thioether (sulfide) groups is 1. The molecule has 0 bridgehead atoms. The van der Waals surface area contributed by atoms with E-state index >= 15 is 0 Å². The molecule has 0 aliphatic carbocycles. The van der Waals surface area contributed by atoms with Crippen LogP contribution in [0.2, 0.25) is 5.02 Å². The van der Waals surface area contributed by atoms with Crippen LogP contribution in [0.1, 0.15) is 49.5 Å². The summed E-state index contributed by atoms with van der Waals surface area (Å²) in [5.41, 5.74) is -3.13. The third-order valence-electron chi connectivity index (χ3n) is 10.9. The van der Waals surface area contributed by atoms with E-state index in [1.165, 1.54) is 23.9 Å². The maximum Gasteiger partial charge on any atom is 0.501 e. The third-order valence-corrected chi connectivity index (χ3v) is 15.2. The van der Waals surface area contributed by atoms with E-state index in [2.05, 4.69) is 20.9 Å². The number of hydrogen-bond donors (Lipinski definition) is 4. The van der Waals surface area contributed by atoms with Gasteiger partial charge in [0.15, 0.2) is 0 Å². The summed E-state index contributed by atoms with van der Waals surface area (Å²) in [6, 6.07) is 24.5. The molecule has 4 N–H and O–H groups in total. The van der Waals surface area contributed by atoms with Gasteiger partial charge in [0.25, 0.3) is 25.8 Å². The molecule has 1 saturated heterocycles. The average molecular weight is 1020 g/mol. The normalized spacial score (nSPS) is 15.7. The van der Waals surface area contributed by atoms with Crippen LogP contribution in [0, 0.1) is 0 Å². The van der Waals surface area contributed by atoms with Crippen LogP contribution >= 0.6 is 23.4 Å². The first-order valence-electron chi connectivity index (χ1n) is 21.9. The van der Waals surface area contributed by atoms with Crippen molar-refractivity contribution in [3.63, 3.8) is 0 Å². The molecule has 2 aliphatic heterocycles. The van der Waals surface area contributed by atoms with E-state index in [1.54, 1.807) is 17.0 Å². The number of amides is 2. The molecule has 4 aromatic carbocycles. The zero-order valence-corrected chi connectivity index (χ0v) is 41.1. The molecule has 0 unspecified atom stereocenters. The second-order valence-corrected chi connectivity index (χ2v) is 22.3. The summed E-state index contributed by atoms with van der Waals surface area (Å²) in [5.74, 6) is -0.733. The van der Waals surface area contributed by atoms with Crippen molar-refractivity contribution in [1.29, 1.82) is 0 Å². The lowest BCUT2D eigenvalue weighted by Gasteiger charge is -2.33. The molecule has 68 heavy (non-hydrogen) atoms. The van der Waals surface area contributed by atoms with Crippen LogP contribution < -0.4 is 20.7 Å². The maximum atomic E-state index is 14.2. The Hall–Kier alpha value is -4.83. The minimum Gasteiger partial charge on any atom is -0.444 e. The fourth-order valence-electron chi connectivity index (χ4n) is 7.42. The van der Waals surface area contributed by atoms with Crippen LogP contribution in [0.5, 0.6) is 0 Å². The van der Waals surface area contributed by atoms with Gasteiger partial charge in [0.1, 0.15) is 10.5 Å². The van der Waals surface area contributed by atoms with Crippen LogP contribution in [0.25, 0.3) is 5.57 Å². The van der Waals surface area contributed by atoms with Gasteiger partial charge in [0, 0.05) is 85.3 Å². The topological polar surface area (TPSA) is 175 Å². The van der Waals surface area contributed by atoms with Gasteiger partial charge in [0.2, 0.25) is 0 Å². The molecule has 368 valence electrons. The second kappa shape index (κ2) is 23.2. The number of carbonyl (C=O) groups excluding carboxylic acids is 2. The smallest absolute Gasteiger partial charge is 0.444 e. The number of hydrogen-bond acceptors (Lipinski definition) is 13. The van der Waals surface area contributed by atoms with Crippen molar-refractivity contribution in [2.45, 2.75) is 65.5 Å². The van der Waals surface area contributed by atoms with Gasteiger partial charge in [-0.3, -0.25) is 9.69 Å². The molecule has 0 spiro atoms. The number of nitrogens with zero attached hydrogens (tertiary/aromatic N) is 2. The van der Waals surface area contributed by atoms with Gasteiger partial charge in [0.05, 0.1) is 23.8 Å². The predicted octanol–water partition coefficient (Wildman–Crippen LogP) is 8.14. The molecule has 0 saturated carbocycles. The van der Waals surface area contributed by atoms with Gasteiger partial charge in [-0.2, -0.15) is 13.2 Å². The maximum absolute atomic E-state index is 14.2. The van der Waals surface area contributed by atoms with Gasteiger partial charge in [-0.25, -0.2) is 26.4 Å². The molecule has 6 rings (SSSR count). The highest BCUT2D eigenvalue weighted by Gasteiger charge is 2.48. The number of benzene rings is 4. The van der Waals surface area contributed by atoms with Crippen LogP contribution in [0.4, 0.5) is 29.3 Å². The molecule has 1 fully saturated rings. The molecular weight excluding hydrogens is 965 g/mol. The SMILES string of the molecule is CC(C)(C)OC(=O)N1CCC(c2ccc(Cl)cc2)=C(CNCCNc2ccc(C(=O)NS(=O)(=O)c3ccc(N[C@H](CCN4CCOCC4)CSc4ccccc4)c(S(=O)(=O)C(F)(F)F)c3)cc2)C1. The van der Waals surface area contributed by atoms with E-state index in [4.69, 9.17) is 21.1 Å². The summed E-state index contributed by atoms with van der Waals surface area (Å²) < 4.78 is 108. The van der Waals surface area contributed by atoms with Gasteiger partial charge in [-0.05, 0) is 117 Å². The monoisotopic (exact) mass is 1020 g/mol. The number of anilines is 2. The van der Waals surface area contributed by atoms with Crippen LogP contribution in [0.15, 0.2) is 117 Å². The van der Waals surface area contributed by atoms with Crippen molar-refractivity contribution in [2.75, 3.05) is 82.0 Å².